The summed E-state index contributed by atoms with van der Waals surface area (Å²) < 4.78 is 35.4. The molecule has 0 aromatic heterocycles. The van der Waals surface area contributed by atoms with E-state index >= 15 is 0 Å². The second-order valence-electron chi connectivity index (χ2n) is 8.86. The number of halogens is 3. The Kier molecular flexibility index (Phi) is 8.18. The first kappa shape index (κ1) is 26.7. The van der Waals surface area contributed by atoms with Crippen molar-refractivity contribution in [3.63, 3.8) is 0 Å². The molecular weight excluding hydrogens is 606 g/mol. The Hall–Kier alpha value is -1.87. The molecule has 0 fully saturated rings. The van der Waals surface area contributed by atoms with Gasteiger partial charge < -0.3 is 4.74 Å². The molecule has 5 nitrogen and oxygen atoms in total. The Morgan fingerprint density at radius 1 is 1.00 bits per heavy atom. The van der Waals surface area contributed by atoms with Crippen LogP contribution in [0.5, 0.6) is 0 Å². The Bertz CT molecular complexity index is 1310. The predicted octanol–water partition coefficient (Wildman–Crippen LogP) is 7.63. The zero-order valence-electron chi connectivity index (χ0n) is 19.1. The van der Waals surface area contributed by atoms with Gasteiger partial charge in [-0.2, -0.15) is 0 Å². The normalized spacial score (nSPS) is 11.9. The zero-order chi connectivity index (χ0) is 25.3. The van der Waals surface area contributed by atoms with Crippen LogP contribution in [0, 0.1) is 6.92 Å². The van der Waals surface area contributed by atoms with Crippen LogP contribution in [0.4, 0.5) is 5.69 Å². The van der Waals surface area contributed by atoms with Gasteiger partial charge in [0.1, 0.15) is 6.61 Å². The molecule has 0 radical (unpaired) electrons. The SMILES string of the molecule is Cc1ccc(C(C)(C)C)cc1S(=O)(=O)Nc1ccc(C(=O)OCc2cc(Br)c(Cl)c(Br)c2)cc1. The maximum absolute atomic E-state index is 13.0. The molecule has 0 aliphatic heterocycles. The number of rotatable bonds is 6. The molecule has 0 aliphatic rings. The van der Waals surface area contributed by atoms with Crippen molar-refractivity contribution >= 4 is 65.1 Å². The van der Waals surface area contributed by atoms with Gasteiger partial charge in [-0.1, -0.05) is 44.5 Å². The average molecular weight is 630 g/mol. The van der Waals surface area contributed by atoms with E-state index in [4.69, 9.17) is 16.3 Å². The molecular formula is C25H24Br2ClNO4S. The molecule has 9 heteroatoms. The standard InChI is InChI=1S/C25H24Br2ClNO4S/c1-15-5-8-18(25(2,3)4)13-22(15)34(31,32)29-19-9-6-17(7-10-19)24(30)33-14-16-11-20(26)23(28)21(27)12-16/h5-13,29H,14H2,1-4H3. The molecule has 0 saturated heterocycles. The number of esters is 1. The minimum Gasteiger partial charge on any atom is -0.457 e. The van der Waals surface area contributed by atoms with Crippen molar-refractivity contribution in [3.8, 4) is 0 Å². The van der Waals surface area contributed by atoms with Gasteiger partial charge in [-0.25, -0.2) is 13.2 Å². The molecule has 0 spiro atoms. The lowest BCUT2D eigenvalue weighted by molar-refractivity contribution is 0.0472. The Balaban J connectivity index is 1.71. The van der Waals surface area contributed by atoms with E-state index in [1.54, 1.807) is 25.1 Å². The molecule has 3 aromatic carbocycles. The largest absolute Gasteiger partial charge is 0.457 e. The predicted molar refractivity (Wildman–Crippen MR) is 143 cm³/mol. The summed E-state index contributed by atoms with van der Waals surface area (Å²) in [7, 11) is -3.80. The molecule has 3 rings (SSSR count). The van der Waals surface area contributed by atoms with Crippen molar-refractivity contribution in [2.24, 2.45) is 0 Å². The van der Waals surface area contributed by atoms with E-state index in [-0.39, 0.29) is 16.9 Å². The van der Waals surface area contributed by atoms with E-state index < -0.39 is 16.0 Å². The molecule has 1 N–H and O–H groups in total. The number of benzene rings is 3. The van der Waals surface area contributed by atoms with Crippen molar-refractivity contribution in [1.29, 1.82) is 0 Å². The highest BCUT2D eigenvalue weighted by atomic mass is 79.9. The molecule has 3 aromatic rings. The second kappa shape index (κ2) is 10.4. The van der Waals surface area contributed by atoms with E-state index in [9.17, 15) is 13.2 Å². The first-order valence-corrected chi connectivity index (χ1v) is 13.8. The fraction of sp³-hybridized carbons (Fsp3) is 0.240. The Labute approximate surface area is 222 Å². The molecule has 0 unspecified atom stereocenters. The first-order chi connectivity index (χ1) is 15.8. The number of carbonyl (C=O) groups excluding carboxylic acids is 1. The maximum atomic E-state index is 13.0. The van der Waals surface area contributed by atoms with Gasteiger partial charge >= 0.3 is 5.97 Å². The summed E-state index contributed by atoms with van der Waals surface area (Å²) >= 11 is 12.8. The number of anilines is 1. The third-order valence-corrected chi connectivity index (χ3v) is 8.77. The van der Waals surface area contributed by atoms with E-state index in [2.05, 4.69) is 36.6 Å². The molecule has 0 amide bonds. The van der Waals surface area contributed by atoms with Crippen LogP contribution in [-0.4, -0.2) is 14.4 Å². The molecule has 0 bridgehead atoms. The fourth-order valence-electron chi connectivity index (χ4n) is 3.16. The topological polar surface area (TPSA) is 72.5 Å². The average Bonchev–Trinajstić information content (AvgIpc) is 2.75. The molecule has 180 valence electrons. The molecule has 34 heavy (non-hydrogen) atoms. The Morgan fingerprint density at radius 3 is 2.15 bits per heavy atom. The van der Waals surface area contributed by atoms with Gasteiger partial charge in [0.2, 0.25) is 0 Å². The van der Waals surface area contributed by atoms with Gasteiger partial charge in [-0.05, 0) is 103 Å². The Morgan fingerprint density at radius 2 is 1.59 bits per heavy atom. The lowest BCUT2D eigenvalue weighted by Crippen LogP contribution is -2.17. The number of ether oxygens (including phenoxy) is 1. The van der Waals surface area contributed by atoms with Crippen LogP contribution in [-0.2, 0) is 26.8 Å². The quantitative estimate of drug-likeness (QED) is 0.225. The smallest absolute Gasteiger partial charge is 0.338 e. The number of carbonyl (C=O) groups is 1. The monoisotopic (exact) mass is 627 g/mol. The van der Waals surface area contributed by atoms with Gasteiger partial charge in [-0.3, -0.25) is 4.72 Å². The molecule has 0 heterocycles. The van der Waals surface area contributed by atoms with Crippen LogP contribution in [0.1, 0.15) is 47.8 Å². The summed E-state index contributed by atoms with van der Waals surface area (Å²) in [5.74, 6) is -0.523. The van der Waals surface area contributed by atoms with Gasteiger partial charge in [0.25, 0.3) is 10.0 Å². The summed E-state index contributed by atoms with van der Waals surface area (Å²) in [5.41, 5.74) is 2.81. The molecule has 0 aliphatic carbocycles. The van der Waals surface area contributed by atoms with Crippen LogP contribution in [0.3, 0.4) is 0 Å². The summed E-state index contributed by atoms with van der Waals surface area (Å²) in [6.45, 7) is 7.92. The van der Waals surface area contributed by atoms with E-state index in [1.165, 1.54) is 24.3 Å². The zero-order valence-corrected chi connectivity index (χ0v) is 23.8. The van der Waals surface area contributed by atoms with E-state index in [0.717, 1.165) is 11.1 Å². The van der Waals surface area contributed by atoms with Crippen molar-refractivity contribution in [2.45, 2.75) is 44.6 Å². The van der Waals surface area contributed by atoms with E-state index in [1.807, 2.05) is 32.9 Å². The highest BCUT2D eigenvalue weighted by molar-refractivity contribution is 9.11. The van der Waals surface area contributed by atoms with Crippen LogP contribution >= 0.6 is 43.5 Å². The lowest BCUT2D eigenvalue weighted by atomic mass is 9.87. The number of hydrogen-bond acceptors (Lipinski definition) is 4. The minimum absolute atomic E-state index is 0.0605. The van der Waals surface area contributed by atoms with Crippen molar-refractivity contribution < 1.29 is 17.9 Å². The third kappa shape index (κ3) is 6.42. The fourth-order valence-corrected chi connectivity index (χ4v) is 5.88. The van der Waals surface area contributed by atoms with Crippen molar-refractivity contribution in [2.75, 3.05) is 4.72 Å². The van der Waals surface area contributed by atoms with Crippen molar-refractivity contribution in [3.05, 3.63) is 90.8 Å². The van der Waals surface area contributed by atoms with E-state index in [0.29, 0.717) is 30.8 Å². The van der Waals surface area contributed by atoms with Crippen LogP contribution in [0.15, 0.2) is 68.4 Å². The van der Waals surface area contributed by atoms with Gasteiger partial charge in [0, 0.05) is 14.6 Å². The van der Waals surface area contributed by atoms with Crippen molar-refractivity contribution in [1.82, 2.24) is 0 Å². The minimum atomic E-state index is -3.80. The number of sulfonamides is 1. The highest BCUT2D eigenvalue weighted by Crippen LogP contribution is 2.32. The lowest BCUT2D eigenvalue weighted by Gasteiger charge is -2.21. The number of nitrogens with one attached hydrogen (secondary N) is 1. The number of hydrogen-bond donors (Lipinski definition) is 1. The van der Waals surface area contributed by atoms with Crippen LogP contribution < -0.4 is 4.72 Å². The number of aryl methyl sites for hydroxylation is 1. The summed E-state index contributed by atoms with van der Waals surface area (Å²) in [5, 5.41) is 0.536. The van der Waals surface area contributed by atoms with Gasteiger partial charge in [-0.15, -0.1) is 0 Å². The maximum Gasteiger partial charge on any atom is 0.338 e. The second-order valence-corrected chi connectivity index (χ2v) is 12.6. The van der Waals surface area contributed by atoms with Gasteiger partial charge in [0.15, 0.2) is 0 Å². The van der Waals surface area contributed by atoms with Crippen LogP contribution in [0.2, 0.25) is 5.02 Å². The summed E-state index contributed by atoms with van der Waals surface area (Å²) in [4.78, 5) is 12.7. The van der Waals surface area contributed by atoms with Gasteiger partial charge in [0.05, 0.1) is 15.5 Å². The highest BCUT2D eigenvalue weighted by Gasteiger charge is 2.22. The molecule has 0 atom stereocenters. The summed E-state index contributed by atoms with van der Waals surface area (Å²) in [6.07, 6.45) is 0. The van der Waals surface area contributed by atoms with Crippen LogP contribution in [0.25, 0.3) is 0 Å². The third-order valence-electron chi connectivity index (χ3n) is 5.13. The molecule has 0 saturated carbocycles. The summed E-state index contributed by atoms with van der Waals surface area (Å²) in [6, 6.07) is 15.1. The first-order valence-electron chi connectivity index (χ1n) is 10.3.